The first-order chi connectivity index (χ1) is 16.0. The number of aromatic nitrogens is 2. The highest BCUT2D eigenvalue weighted by molar-refractivity contribution is 5.79. The SMILES string of the molecule is CCOc1ccc(-c2cc(N3CCN(C(=O)Cc4ccc([N+](=O)[O-])cc4)CC3)ncn2)cc1. The van der Waals surface area contributed by atoms with Gasteiger partial charge in [-0.1, -0.05) is 12.1 Å². The fraction of sp³-hybridized carbons (Fsp3) is 0.292. The van der Waals surface area contributed by atoms with Crippen molar-refractivity contribution in [3.05, 3.63) is 76.6 Å². The molecule has 9 nitrogen and oxygen atoms in total. The summed E-state index contributed by atoms with van der Waals surface area (Å²) in [6.07, 6.45) is 1.79. The van der Waals surface area contributed by atoms with Gasteiger partial charge in [-0.2, -0.15) is 0 Å². The predicted octanol–water partition coefficient (Wildman–Crippen LogP) is 3.34. The van der Waals surface area contributed by atoms with E-state index in [1.807, 2.05) is 42.2 Å². The number of carbonyl (C=O) groups excluding carboxylic acids is 1. The minimum Gasteiger partial charge on any atom is -0.494 e. The molecule has 33 heavy (non-hydrogen) atoms. The molecule has 0 atom stereocenters. The number of nitrogens with zero attached hydrogens (tertiary/aromatic N) is 5. The smallest absolute Gasteiger partial charge is 0.269 e. The molecule has 0 spiro atoms. The summed E-state index contributed by atoms with van der Waals surface area (Å²) in [6.45, 7) is 5.10. The number of piperazine rings is 1. The van der Waals surface area contributed by atoms with Gasteiger partial charge in [0.2, 0.25) is 5.91 Å². The molecule has 9 heteroatoms. The van der Waals surface area contributed by atoms with Crippen LogP contribution in [0.4, 0.5) is 11.5 Å². The molecule has 0 aliphatic carbocycles. The van der Waals surface area contributed by atoms with Crippen LogP contribution in [0.25, 0.3) is 11.3 Å². The van der Waals surface area contributed by atoms with Gasteiger partial charge in [-0.15, -0.1) is 0 Å². The maximum atomic E-state index is 12.7. The summed E-state index contributed by atoms with van der Waals surface area (Å²) in [7, 11) is 0. The van der Waals surface area contributed by atoms with Gasteiger partial charge in [0.05, 0.1) is 23.6 Å². The number of hydrogen-bond donors (Lipinski definition) is 0. The highest BCUT2D eigenvalue weighted by Gasteiger charge is 2.22. The summed E-state index contributed by atoms with van der Waals surface area (Å²) in [4.78, 5) is 35.8. The number of ether oxygens (including phenoxy) is 1. The number of hydrogen-bond acceptors (Lipinski definition) is 7. The fourth-order valence-electron chi connectivity index (χ4n) is 3.77. The normalized spacial score (nSPS) is 13.6. The first kappa shape index (κ1) is 22.2. The van der Waals surface area contributed by atoms with Gasteiger partial charge < -0.3 is 14.5 Å². The van der Waals surface area contributed by atoms with Crippen LogP contribution in [0.1, 0.15) is 12.5 Å². The third-order valence-corrected chi connectivity index (χ3v) is 5.57. The zero-order valence-electron chi connectivity index (χ0n) is 18.4. The highest BCUT2D eigenvalue weighted by Crippen LogP contribution is 2.24. The Kier molecular flexibility index (Phi) is 6.77. The Morgan fingerprint density at radius 3 is 2.36 bits per heavy atom. The molecule has 1 saturated heterocycles. The van der Waals surface area contributed by atoms with Gasteiger partial charge in [-0.3, -0.25) is 14.9 Å². The topological polar surface area (TPSA) is 102 Å². The van der Waals surface area contributed by atoms with E-state index in [1.54, 1.807) is 18.5 Å². The van der Waals surface area contributed by atoms with E-state index in [9.17, 15) is 14.9 Å². The number of rotatable bonds is 7. The quantitative estimate of drug-likeness (QED) is 0.404. The van der Waals surface area contributed by atoms with Gasteiger partial charge in [0.1, 0.15) is 17.9 Å². The average molecular weight is 447 g/mol. The third-order valence-electron chi connectivity index (χ3n) is 5.57. The van der Waals surface area contributed by atoms with Crippen molar-refractivity contribution in [2.45, 2.75) is 13.3 Å². The Hall–Kier alpha value is -4.01. The van der Waals surface area contributed by atoms with Gasteiger partial charge in [0.15, 0.2) is 0 Å². The first-order valence-corrected chi connectivity index (χ1v) is 10.8. The lowest BCUT2D eigenvalue weighted by molar-refractivity contribution is -0.384. The van der Waals surface area contributed by atoms with Crippen molar-refractivity contribution < 1.29 is 14.5 Å². The monoisotopic (exact) mass is 447 g/mol. The predicted molar refractivity (Wildman–Crippen MR) is 124 cm³/mol. The fourth-order valence-corrected chi connectivity index (χ4v) is 3.77. The van der Waals surface area contributed by atoms with Gasteiger partial charge in [-0.05, 0) is 36.8 Å². The van der Waals surface area contributed by atoms with Crippen LogP contribution in [0.3, 0.4) is 0 Å². The Morgan fingerprint density at radius 2 is 1.73 bits per heavy atom. The molecule has 0 radical (unpaired) electrons. The van der Waals surface area contributed by atoms with Crippen LogP contribution in [-0.4, -0.2) is 58.5 Å². The van der Waals surface area contributed by atoms with E-state index in [1.165, 1.54) is 12.1 Å². The Labute approximate surface area is 191 Å². The van der Waals surface area contributed by atoms with Crippen LogP contribution < -0.4 is 9.64 Å². The molecule has 3 aromatic rings. The lowest BCUT2D eigenvalue weighted by Gasteiger charge is -2.35. The summed E-state index contributed by atoms with van der Waals surface area (Å²) in [5.41, 5.74) is 2.61. The summed E-state index contributed by atoms with van der Waals surface area (Å²) in [6, 6.07) is 15.9. The molecule has 1 aromatic heterocycles. The van der Waals surface area contributed by atoms with Crippen molar-refractivity contribution >= 4 is 17.4 Å². The molecule has 2 aromatic carbocycles. The van der Waals surface area contributed by atoms with Crippen LogP contribution in [0.15, 0.2) is 60.9 Å². The van der Waals surface area contributed by atoms with Crippen molar-refractivity contribution in [2.75, 3.05) is 37.7 Å². The number of carbonyl (C=O) groups is 1. The van der Waals surface area contributed by atoms with Crippen LogP contribution >= 0.6 is 0 Å². The van der Waals surface area contributed by atoms with Crippen LogP contribution in [-0.2, 0) is 11.2 Å². The minimum atomic E-state index is -0.445. The van der Waals surface area contributed by atoms with E-state index in [0.29, 0.717) is 32.8 Å². The number of non-ortho nitro benzene ring substituents is 1. The lowest BCUT2D eigenvalue weighted by atomic mass is 10.1. The van der Waals surface area contributed by atoms with E-state index >= 15 is 0 Å². The van der Waals surface area contributed by atoms with E-state index in [-0.39, 0.29) is 18.0 Å². The second-order valence-corrected chi connectivity index (χ2v) is 7.69. The summed E-state index contributed by atoms with van der Waals surface area (Å²) in [5.74, 6) is 1.67. The molecule has 2 heterocycles. The molecular formula is C24H25N5O4. The van der Waals surface area contributed by atoms with Crippen molar-refractivity contribution in [3.63, 3.8) is 0 Å². The van der Waals surface area contributed by atoms with Gasteiger partial charge >= 0.3 is 0 Å². The molecule has 170 valence electrons. The van der Waals surface area contributed by atoms with Crippen LogP contribution in [0.2, 0.25) is 0 Å². The zero-order valence-corrected chi connectivity index (χ0v) is 18.4. The molecule has 0 unspecified atom stereocenters. The minimum absolute atomic E-state index is 0.0151. The van der Waals surface area contributed by atoms with Crippen molar-refractivity contribution in [2.24, 2.45) is 0 Å². The molecule has 1 fully saturated rings. The Balaban J connectivity index is 1.35. The van der Waals surface area contributed by atoms with Crippen LogP contribution in [0, 0.1) is 10.1 Å². The van der Waals surface area contributed by atoms with E-state index in [4.69, 9.17) is 4.74 Å². The van der Waals surface area contributed by atoms with Gasteiger partial charge in [0, 0.05) is 49.9 Å². The van der Waals surface area contributed by atoms with E-state index in [0.717, 1.165) is 28.4 Å². The molecule has 1 amide bonds. The number of nitro groups is 1. The van der Waals surface area contributed by atoms with E-state index < -0.39 is 4.92 Å². The highest BCUT2D eigenvalue weighted by atomic mass is 16.6. The molecule has 0 saturated carbocycles. The van der Waals surface area contributed by atoms with Crippen LogP contribution in [0.5, 0.6) is 5.75 Å². The average Bonchev–Trinajstić information content (AvgIpc) is 2.85. The molecule has 0 N–H and O–H groups in total. The standard InChI is InChI=1S/C24H25N5O4/c1-2-33-21-9-5-19(6-10-21)22-16-23(26-17-25-22)27-11-13-28(14-12-27)24(30)15-18-3-7-20(8-4-18)29(31)32/h3-10,16-17H,2,11-15H2,1H3. The molecule has 0 bridgehead atoms. The zero-order chi connectivity index (χ0) is 23.2. The second-order valence-electron chi connectivity index (χ2n) is 7.69. The molecule has 4 rings (SSSR count). The van der Waals surface area contributed by atoms with E-state index in [2.05, 4.69) is 14.9 Å². The maximum absolute atomic E-state index is 12.7. The summed E-state index contributed by atoms with van der Waals surface area (Å²) in [5, 5.41) is 10.8. The van der Waals surface area contributed by atoms with Crippen molar-refractivity contribution in [1.82, 2.24) is 14.9 Å². The van der Waals surface area contributed by atoms with Gasteiger partial charge in [0.25, 0.3) is 5.69 Å². The van der Waals surface area contributed by atoms with Crippen molar-refractivity contribution in [1.29, 1.82) is 0 Å². The molecule has 1 aliphatic heterocycles. The second kappa shape index (κ2) is 10.1. The van der Waals surface area contributed by atoms with Crippen molar-refractivity contribution in [3.8, 4) is 17.0 Å². The maximum Gasteiger partial charge on any atom is 0.269 e. The molecular weight excluding hydrogens is 422 g/mol. The Bertz CT molecular complexity index is 1110. The lowest BCUT2D eigenvalue weighted by Crippen LogP contribution is -2.49. The number of anilines is 1. The first-order valence-electron chi connectivity index (χ1n) is 10.8. The molecule has 1 aliphatic rings. The number of nitro benzene ring substituents is 1. The van der Waals surface area contributed by atoms with Gasteiger partial charge in [-0.25, -0.2) is 9.97 Å². The summed E-state index contributed by atoms with van der Waals surface area (Å²) < 4.78 is 5.50. The third kappa shape index (κ3) is 5.43. The summed E-state index contributed by atoms with van der Waals surface area (Å²) >= 11 is 0. The number of benzene rings is 2. The Morgan fingerprint density at radius 1 is 1.03 bits per heavy atom. The largest absolute Gasteiger partial charge is 0.494 e. The number of amides is 1.